The van der Waals surface area contributed by atoms with Gasteiger partial charge in [0.05, 0.1) is 32.9 Å². The Morgan fingerprint density at radius 1 is 1.00 bits per heavy atom. The van der Waals surface area contributed by atoms with E-state index in [-0.39, 0.29) is 22.0 Å². The first-order valence-electron chi connectivity index (χ1n) is 11.2. The monoisotopic (exact) mass is 525 g/mol. The lowest BCUT2D eigenvalue weighted by atomic mass is 9.94. The number of hydrogen-bond donors (Lipinski definition) is 1. The predicted molar refractivity (Wildman–Crippen MR) is 133 cm³/mol. The number of anilines is 1. The number of aromatic nitrogens is 2. The number of amides is 1. The van der Waals surface area contributed by atoms with Crippen LogP contribution in [0.5, 0.6) is 28.7 Å². The zero-order chi connectivity index (χ0) is 26.3. The van der Waals surface area contributed by atoms with Crippen molar-refractivity contribution in [1.82, 2.24) is 10.2 Å². The predicted octanol–water partition coefficient (Wildman–Crippen LogP) is 3.27. The molecular formula is C25H23N3O8S. The third kappa shape index (κ3) is 4.08. The highest BCUT2D eigenvalue weighted by Gasteiger charge is 2.49. The minimum atomic E-state index is -1.06. The molecule has 1 amide bonds. The number of hydrogen-bond acceptors (Lipinski definition) is 11. The van der Waals surface area contributed by atoms with Gasteiger partial charge in [-0.15, -0.1) is 10.2 Å². The fraction of sp³-hybridized carbons (Fsp3) is 0.280. The van der Waals surface area contributed by atoms with E-state index < -0.39 is 17.7 Å². The van der Waals surface area contributed by atoms with Crippen molar-refractivity contribution in [2.24, 2.45) is 0 Å². The number of aliphatic hydroxyl groups excluding tert-OH is 1. The molecule has 0 radical (unpaired) electrons. The first-order chi connectivity index (χ1) is 17.9. The lowest BCUT2D eigenvalue weighted by molar-refractivity contribution is -0.132. The third-order valence-corrected chi connectivity index (χ3v) is 6.82. The van der Waals surface area contributed by atoms with Crippen LogP contribution >= 0.6 is 11.3 Å². The number of aliphatic hydroxyl groups is 1. The van der Waals surface area contributed by atoms with E-state index in [0.29, 0.717) is 52.5 Å². The number of rotatable bonds is 6. The van der Waals surface area contributed by atoms with E-state index in [9.17, 15) is 14.7 Å². The van der Waals surface area contributed by atoms with Crippen molar-refractivity contribution >= 4 is 33.9 Å². The summed E-state index contributed by atoms with van der Waals surface area (Å²) in [6, 6.07) is 6.98. The van der Waals surface area contributed by atoms with Crippen LogP contribution in [0.4, 0.5) is 5.13 Å². The molecule has 1 atom stereocenters. The molecule has 0 aliphatic carbocycles. The van der Waals surface area contributed by atoms with E-state index in [0.717, 1.165) is 11.3 Å². The molecule has 1 N–H and O–H groups in total. The maximum atomic E-state index is 13.4. The second-order valence-corrected chi connectivity index (χ2v) is 9.25. The second kappa shape index (κ2) is 9.62. The number of benzene rings is 2. The number of methoxy groups -OCH3 is 3. The molecule has 3 aromatic rings. The van der Waals surface area contributed by atoms with Crippen LogP contribution in [-0.4, -0.2) is 61.5 Å². The minimum Gasteiger partial charge on any atom is -0.507 e. The summed E-state index contributed by atoms with van der Waals surface area (Å²) in [5.74, 6) is -0.192. The van der Waals surface area contributed by atoms with Gasteiger partial charge in [-0.05, 0) is 42.8 Å². The molecule has 0 bridgehead atoms. The number of Topliss-reactive ketones (excluding diaryl/α,β-unsaturated/α-hetero) is 1. The maximum Gasteiger partial charge on any atom is 0.301 e. The van der Waals surface area contributed by atoms with Gasteiger partial charge < -0.3 is 28.8 Å². The van der Waals surface area contributed by atoms with E-state index in [4.69, 9.17) is 23.7 Å². The third-order valence-electron chi connectivity index (χ3n) is 5.98. The summed E-state index contributed by atoms with van der Waals surface area (Å²) < 4.78 is 27.6. The average molecular weight is 526 g/mol. The van der Waals surface area contributed by atoms with Crippen LogP contribution in [0, 0.1) is 6.92 Å². The van der Waals surface area contributed by atoms with Gasteiger partial charge in [0.1, 0.15) is 24.0 Å². The van der Waals surface area contributed by atoms with Crippen molar-refractivity contribution in [1.29, 1.82) is 0 Å². The summed E-state index contributed by atoms with van der Waals surface area (Å²) in [7, 11) is 4.39. The lowest BCUT2D eigenvalue weighted by Crippen LogP contribution is -2.29. The smallest absolute Gasteiger partial charge is 0.301 e. The van der Waals surface area contributed by atoms with Gasteiger partial charge in [-0.25, -0.2) is 0 Å². The molecule has 2 aliphatic heterocycles. The van der Waals surface area contributed by atoms with Crippen molar-refractivity contribution in [3.8, 4) is 28.7 Å². The number of carbonyl (C=O) groups is 2. The topological polar surface area (TPSA) is 130 Å². The Morgan fingerprint density at radius 2 is 1.68 bits per heavy atom. The van der Waals surface area contributed by atoms with Crippen molar-refractivity contribution in [2.75, 3.05) is 39.4 Å². The maximum absolute atomic E-state index is 13.4. The fourth-order valence-electron chi connectivity index (χ4n) is 4.33. The summed E-state index contributed by atoms with van der Waals surface area (Å²) in [4.78, 5) is 28.0. The summed E-state index contributed by atoms with van der Waals surface area (Å²) in [6.45, 7) is 2.50. The van der Waals surface area contributed by atoms with Crippen molar-refractivity contribution in [2.45, 2.75) is 13.0 Å². The van der Waals surface area contributed by atoms with Gasteiger partial charge in [-0.1, -0.05) is 11.3 Å². The van der Waals surface area contributed by atoms with E-state index in [1.54, 1.807) is 37.3 Å². The number of ether oxygens (including phenoxy) is 5. The molecule has 1 fully saturated rings. The highest BCUT2D eigenvalue weighted by Crippen LogP contribution is 2.48. The van der Waals surface area contributed by atoms with Crippen LogP contribution < -0.4 is 28.6 Å². The Hall–Kier alpha value is -4.32. The largest absolute Gasteiger partial charge is 0.507 e. The Labute approximate surface area is 215 Å². The highest BCUT2D eigenvalue weighted by molar-refractivity contribution is 7.15. The molecule has 0 unspecified atom stereocenters. The standard InChI is InChI=1S/C25H23N3O8S/c1-12-26-27-25(37-12)28-20(14-10-17(32-2)23(34-4)18(11-14)33-3)19(22(30)24(28)31)21(29)13-5-6-15-16(9-13)36-8-7-35-15/h5-6,9-11,20,29H,7-8H2,1-4H3/b21-19+/t20-/m0/s1. The van der Waals surface area contributed by atoms with Crippen LogP contribution in [-0.2, 0) is 9.59 Å². The number of fused-ring (bicyclic) bond motifs is 1. The zero-order valence-corrected chi connectivity index (χ0v) is 21.2. The molecule has 12 heteroatoms. The normalized spacial score (nSPS) is 18.2. The van der Waals surface area contributed by atoms with Crippen LogP contribution in [0.3, 0.4) is 0 Å². The molecule has 5 rings (SSSR count). The summed E-state index contributed by atoms with van der Waals surface area (Å²) >= 11 is 1.15. The van der Waals surface area contributed by atoms with Crippen LogP contribution in [0.1, 0.15) is 22.2 Å². The van der Waals surface area contributed by atoms with Gasteiger partial charge in [0.25, 0.3) is 5.78 Å². The molecule has 2 aliphatic rings. The Morgan fingerprint density at radius 3 is 2.27 bits per heavy atom. The Kier molecular flexibility index (Phi) is 6.34. The van der Waals surface area contributed by atoms with Gasteiger partial charge in [-0.2, -0.15) is 0 Å². The summed E-state index contributed by atoms with van der Waals surface area (Å²) in [5.41, 5.74) is 0.581. The molecule has 1 saturated heterocycles. The quantitative estimate of drug-likeness (QED) is 0.291. The van der Waals surface area contributed by atoms with Gasteiger partial charge in [0.2, 0.25) is 10.9 Å². The molecular weight excluding hydrogens is 502 g/mol. The average Bonchev–Trinajstić information content (AvgIpc) is 3.46. The number of nitrogens with zero attached hydrogens (tertiary/aromatic N) is 3. The highest BCUT2D eigenvalue weighted by atomic mass is 32.1. The summed E-state index contributed by atoms with van der Waals surface area (Å²) in [5, 5.41) is 20.3. The van der Waals surface area contributed by atoms with Crippen LogP contribution in [0.15, 0.2) is 35.9 Å². The molecule has 2 aromatic carbocycles. The van der Waals surface area contributed by atoms with E-state index in [1.807, 2.05) is 0 Å². The SMILES string of the molecule is COc1cc([C@H]2/C(=C(\O)c3ccc4c(c3)OCCO4)C(=O)C(=O)N2c2nnc(C)s2)cc(OC)c1OC. The van der Waals surface area contributed by atoms with Crippen LogP contribution in [0.2, 0.25) is 0 Å². The van der Waals surface area contributed by atoms with Crippen molar-refractivity contribution in [3.63, 3.8) is 0 Å². The minimum absolute atomic E-state index is 0.135. The van der Waals surface area contributed by atoms with Gasteiger partial charge >= 0.3 is 5.91 Å². The molecule has 0 saturated carbocycles. The molecule has 11 nitrogen and oxygen atoms in total. The van der Waals surface area contributed by atoms with Gasteiger partial charge in [0, 0.05) is 5.56 Å². The number of aryl methyl sites for hydroxylation is 1. The van der Waals surface area contributed by atoms with E-state index in [2.05, 4.69) is 10.2 Å². The van der Waals surface area contributed by atoms with Gasteiger partial charge in [0.15, 0.2) is 23.0 Å². The van der Waals surface area contributed by atoms with Crippen molar-refractivity contribution in [3.05, 3.63) is 52.0 Å². The number of carbonyl (C=O) groups excluding carboxylic acids is 2. The molecule has 37 heavy (non-hydrogen) atoms. The Bertz CT molecular complexity index is 1410. The lowest BCUT2D eigenvalue weighted by Gasteiger charge is -2.24. The van der Waals surface area contributed by atoms with E-state index >= 15 is 0 Å². The summed E-state index contributed by atoms with van der Waals surface area (Å²) in [6.07, 6.45) is 0. The molecule has 1 aromatic heterocycles. The Balaban J connectivity index is 1.74. The first-order valence-corrected chi connectivity index (χ1v) is 12.0. The first kappa shape index (κ1) is 24.4. The molecule has 3 heterocycles. The molecule has 192 valence electrons. The van der Waals surface area contributed by atoms with Crippen LogP contribution in [0.25, 0.3) is 5.76 Å². The zero-order valence-electron chi connectivity index (χ0n) is 20.4. The van der Waals surface area contributed by atoms with E-state index in [1.165, 1.54) is 26.2 Å². The number of ketones is 1. The fourth-order valence-corrected chi connectivity index (χ4v) is 5.05. The van der Waals surface area contributed by atoms with Gasteiger partial charge in [-0.3, -0.25) is 14.5 Å². The second-order valence-electron chi connectivity index (χ2n) is 8.09. The molecule has 0 spiro atoms. The van der Waals surface area contributed by atoms with Crippen molar-refractivity contribution < 1.29 is 38.4 Å².